The van der Waals surface area contributed by atoms with Crippen LogP contribution in [0.2, 0.25) is 0 Å². The van der Waals surface area contributed by atoms with Gasteiger partial charge in [0.2, 0.25) is 17.7 Å². The summed E-state index contributed by atoms with van der Waals surface area (Å²) in [5.74, 6) is -2.38. The number of imide groups is 1. The van der Waals surface area contributed by atoms with Crippen LogP contribution < -0.4 is 10.2 Å². The van der Waals surface area contributed by atoms with Gasteiger partial charge in [0.05, 0.1) is 22.3 Å². The number of aliphatic carboxylic acids is 1. The molecule has 3 amide bonds. The highest BCUT2D eigenvalue weighted by molar-refractivity contribution is 8.00. The number of nitrogens with one attached hydrogen (secondary N) is 1. The van der Waals surface area contributed by atoms with E-state index in [-0.39, 0.29) is 18.2 Å². The fraction of sp³-hybridized carbons (Fsp3) is 0.0769. The van der Waals surface area contributed by atoms with Crippen molar-refractivity contribution in [3.8, 4) is 0 Å². The van der Waals surface area contributed by atoms with Gasteiger partial charge in [-0.25, -0.2) is 9.69 Å². The summed E-state index contributed by atoms with van der Waals surface area (Å²) in [4.78, 5) is 49.7. The minimum Gasteiger partial charge on any atom is -0.478 e. The second kappa shape index (κ2) is 11.2. The van der Waals surface area contributed by atoms with E-state index in [1.54, 1.807) is 48.5 Å². The lowest BCUT2D eigenvalue weighted by Crippen LogP contribution is -2.30. The Kier molecular flexibility index (Phi) is 7.66. The number of amides is 3. The Morgan fingerprint density at radius 1 is 0.889 bits per heavy atom. The third kappa shape index (κ3) is 6.30. The maximum atomic E-state index is 13.0. The topological polar surface area (TPSA) is 128 Å². The lowest BCUT2D eigenvalue weighted by molar-refractivity contribution is -0.131. The van der Waals surface area contributed by atoms with Crippen molar-refractivity contribution in [3.05, 3.63) is 91.0 Å². The van der Waals surface area contributed by atoms with Crippen LogP contribution in [0.1, 0.15) is 6.42 Å². The van der Waals surface area contributed by atoms with Crippen LogP contribution in [-0.4, -0.2) is 34.0 Å². The van der Waals surface area contributed by atoms with Gasteiger partial charge < -0.3 is 10.4 Å². The van der Waals surface area contributed by atoms with Crippen LogP contribution in [0.15, 0.2) is 106 Å². The number of rotatable bonds is 8. The molecule has 1 heterocycles. The van der Waals surface area contributed by atoms with E-state index in [2.05, 4.69) is 15.5 Å². The predicted molar refractivity (Wildman–Crippen MR) is 136 cm³/mol. The first-order chi connectivity index (χ1) is 17.4. The number of azo groups is 1. The molecule has 1 saturated heterocycles. The first-order valence-electron chi connectivity index (χ1n) is 10.8. The van der Waals surface area contributed by atoms with Crippen molar-refractivity contribution in [2.75, 3.05) is 10.2 Å². The van der Waals surface area contributed by atoms with Gasteiger partial charge in [-0.2, -0.15) is 10.2 Å². The van der Waals surface area contributed by atoms with Gasteiger partial charge in [-0.1, -0.05) is 18.2 Å². The Balaban J connectivity index is 1.37. The predicted octanol–water partition coefficient (Wildman–Crippen LogP) is 5.11. The number of anilines is 2. The molecule has 3 aromatic rings. The molecule has 1 atom stereocenters. The van der Waals surface area contributed by atoms with E-state index in [1.807, 2.05) is 30.3 Å². The molecule has 1 aliphatic rings. The second-order valence-electron chi connectivity index (χ2n) is 7.62. The summed E-state index contributed by atoms with van der Waals surface area (Å²) in [7, 11) is 0. The van der Waals surface area contributed by atoms with Crippen LogP contribution in [-0.2, 0) is 19.2 Å². The van der Waals surface area contributed by atoms with Crippen molar-refractivity contribution in [3.63, 3.8) is 0 Å². The molecule has 1 fully saturated rings. The largest absolute Gasteiger partial charge is 0.478 e. The van der Waals surface area contributed by atoms with E-state index in [1.165, 1.54) is 16.7 Å². The molecule has 36 heavy (non-hydrogen) atoms. The van der Waals surface area contributed by atoms with Crippen molar-refractivity contribution in [1.29, 1.82) is 0 Å². The molecule has 0 aromatic heterocycles. The van der Waals surface area contributed by atoms with E-state index >= 15 is 0 Å². The molecule has 0 aliphatic carbocycles. The molecule has 0 spiro atoms. The summed E-state index contributed by atoms with van der Waals surface area (Å²) in [5.41, 5.74) is 2.26. The number of hydrogen-bond acceptors (Lipinski definition) is 7. The fourth-order valence-corrected chi connectivity index (χ4v) is 4.41. The minimum atomic E-state index is -1.22. The standard InChI is InChI=1S/C26H20N4O5S/c31-23(14-15-25(33)34)27-17-8-12-21(13-9-17)36-22-16-24(32)30(26(22)35)20-10-6-19(7-11-20)29-28-18-4-2-1-3-5-18/h1-15,22H,16H2,(H,27,31)(H,33,34)/b15-14+,29-28?. The Hall–Kier alpha value is -4.57. The smallest absolute Gasteiger partial charge is 0.328 e. The highest BCUT2D eigenvalue weighted by Gasteiger charge is 2.40. The van der Waals surface area contributed by atoms with E-state index < -0.39 is 17.1 Å². The van der Waals surface area contributed by atoms with Crippen LogP contribution in [0.3, 0.4) is 0 Å². The summed E-state index contributed by atoms with van der Waals surface area (Å²) in [5, 5.41) is 18.9. The Morgan fingerprint density at radius 3 is 2.17 bits per heavy atom. The number of benzene rings is 3. The Labute approximate surface area is 210 Å². The van der Waals surface area contributed by atoms with Gasteiger partial charge in [0.1, 0.15) is 0 Å². The maximum absolute atomic E-state index is 13.0. The Bertz CT molecular complexity index is 1340. The van der Waals surface area contributed by atoms with Crippen LogP contribution in [0.5, 0.6) is 0 Å². The lowest BCUT2D eigenvalue weighted by atomic mass is 10.2. The van der Waals surface area contributed by atoms with Crippen molar-refractivity contribution in [2.45, 2.75) is 16.6 Å². The second-order valence-corrected chi connectivity index (χ2v) is 8.89. The molecule has 1 aliphatic heterocycles. The summed E-state index contributed by atoms with van der Waals surface area (Å²) in [6.45, 7) is 0. The summed E-state index contributed by atoms with van der Waals surface area (Å²) < 4.78 is 0. The number of hydrogen-bond donors (Lipinski definition) is 2. The summed E-state index contributed by atoms with van der Waals surface area (Å²) >= 11 is 1.26. The van der Waals surface area contributed by atoms with Crippen LogP contribution >= 0.6 is 11.8 Å². The first kappa shape index (κ1) is 24.6. The number of thioether (sulfide) groups is 1. The van der Waals surface area contributed by atoms with E-state index in [9.17, 15) is 19.2 Å². The molecule has 10 heteroatoms. The van der Waals surface area contributed by atoms with Crippen molar-refractivity contribution < 1.29 is 24.3 Å². The van der Waals surface area contributed by atoms with Crippen LogP contribution in [0, 0.1) is 0 Å². The zero-order valence-electron chi connectivity index (χ0n) is 18.8. The van der Waals surface area contributed by atoms with E-state index in [4.69, 9.17) is 5.11 Å². The highest BCUT2D eigenvalue weighted by atomic mass is 32.2. The first-order valence-corrected chi connectivity index (χ1v) is 11.7. The van der Waals surface area contributed by atoms with Gasteiger partial charge in [0.15, 0.2) is 0 Å². The van der Waals surface area contributed by atoms with Gasteiger partial charge in [0, 0.05) is 29.2 Å². The van der Waals surface area contributed by atoms with Crippen molar-refractivity contribution >= 4 is 58.2 Å². The summed E-state index contributed by atoms with van der Waals surface area (Å²) in [6.07, 6.45) is 1.73. The zero-order valence-corrected chi connectivity index (χ0v) is 19.6. The number of carboxylic acids is 1. The normalized spacial score (nSPS) is 15.7. The van der Waals surface area contributed by atoms with Crippen molar-refractivity contribution in [2.24, 2.45) is 10.2 Å². The lowest BCUT2D eigenvalue weighted by Gasteiger charge is -2.15. The third-order valence-corrected chi connectivity index (χ3v) is 6.22. The molecule has 0 bridgehead atoms. The number of carbonyl (C=O) groups excluding carboxylic acids is 3. The quantitative estimate of drug-likeness (QED) is 0.251. The van der Waals surface area contributed by atoms with Gasteiger partial charge in [-0.3, -0.25) is 14.4 Å². The number of carboxylic acid groups (broad SMARTS) is 1. The minimum absolute atomic E-state index is 0.0669. The van der Waals surface area contributed by atoms with Crippen LogP contribution in [0.4, 0.5) is 22.7 Å². The molecule has 4 rings (SSSR count). The monoisotopic (exact) mass is 500 g/mol. The molecule has 0 saturated carbocycles. The van der Waals surface area contributed by atoms with E-state index in [0.717, 1.165) is 22.7 Å². The molecular formula is C26H20N4O5S. The average Bonchev–Trinajstić information content (AvgIpc) is 3.16. The van der Waals surface area contributed by atoms with Gasteiger partial charge in [0.25, 0.3) is 0 Å². The zero-order chi connectivity index (χ0) is 25.5. The van der Waals surface area contributed by atoms with Gasteiger partial charge in [-0.15, -0.1) is 11.8 Å². The van der Waals surface area contributed by atoms with Crippen LogP contribution in [0.25, 0.3) is 0 Å². The number of carbonyl (C=O) groups is 4. The van der Waals surface area contributed by atoms with E-state index in [0.29, 0.717) is 17.1 Å². The SMILES string of the molecule is O=C(O)/C=C/C(=O)Nc1ccc(SC2CC(=O)N(c3ccc(N=Nc4ccccc4)cc3)C2=O)cc1. The molecule has 9 nitrogen and oxygen atoms in total. The Morgan fingerprint density at radius 2 is 1.53 bits per heavy atom. The third-order valence-electron chi connectivity index (χ3n) is 5.03. The van der Waals surface area contributed by atoms with Crippen molar-refractivity contribution in [1.82, 2.24) is 0 Å². The molecule has 1 unspecified atom stereocenters. The van der Waals surface area contributed by atoms with Gasteiger partial charge in [-0.05, 0) is 60.7 Å². The van der Waals surface area contributed by atoms with Gasteiger partial charge >= 0.3 is 5.97 Å². The summed E-state index contributed by atoms with van der Waals surface area (Å²) in [6, 6.07) is 22.7. The molecule has 3 aromatic carbocycles. The number of nitrogens with zero attached hydrogens (tertiary/aromatic N) is 3. The fourth-order valence-electron chi connectivity index (χ4n) is 3.36. The maximum Gasteiger partial charge on any atom is 0.328 e. The molecule has 180 valence electrons. The molecule has 2 N–H and O–H groups in total. The molecular weight excluding hydrogens is 480 g/mol. The average molecular weight is 501 g/mol. The molecule has 0 radical (unpaired) electrons. The highest BCUT2D eigenvalue weighted by Crippen LogP contribution is 2.35.